The van der Waals surface area contributed by atoms with Crippen molar-refractivity contribution in [2.45, 2.75) is 36.4 Å². The van der Waals surface area contributed by atoms with Crippen molar-refractivity contribution in [3.05, 3.63) is 29.8 Å². The molecular weight excluding hydrogens is 287 g/mol. The van der Waals surface area contributed by atoms with Crippen molar-refractivity contribution in [2.75, 3.05) is 13.2 Å². The number of benzene rings is 1. The quantitative estimate of drug-likeness (QED) is 0.836. The molecule has 20 heavy (non-hydrogen) atoms. The van der Waals surface area contributed by atoms with Crippen LogP contribution < -0.4 is 5.32 Å². The zero-order chi connectivity index (χ0) is 14.6. The molecule has 1 N–H and O–H groups in total. The van der Waals surface area contributed by atoms with Crippen LogP contribution in [0.3, 0.4) is 0 Å². The van der Waals surface area contributed by atoms with Gasteiger partial charge in [-0.15, -0.1) is 0 Å². The molecule has 0 spiro atoms. The van der Waals surface area contributed by atoms with Crippen LogP contribution >= 0.6 is 11.8 Å². The SMILES string of the molecule is CC1OCCC1CNCc1ccc(SC(F)(F)F)cc1. The van der Waals surface area contributed by atoms with Crippen LogP contribution in [0, 0.1) is 5.92 Å². The Bertz CT molecular complexity index is 421. The zero-order valence-corrected chi connectivity index (χ0v) is 12.1. The number of thioether (sulfide) groups is 1. The molecule has 2 nitrogen and oxygen atoms in total. The lowest BCUT2D eigenvalue weighted by atomic mass is 10.0. The third-order valence-corrected chi connectivity index (χ3v) is 4.17. The fraction of sp³-hybridized carbons (Fsp3) is 0.571. The van der Waals surface area contributed by atoms with Crippen molar-refractivity contribution in [1.29, 1.82) is 0 Å². The van der Waals surface area contributed by atoms with Crippen molar-refractivity contribution in [3.63, 3.8) is 0 Å². The van der Waals surface area contributed by atoms with Gasteiger partial charge in [-0.25, -0.2) is 0 Å². The summed E-state index contributed by atoms with van der Waals surface area (Å²) in [5, 5.41) is 3.33. The number of hydrogen-bond acceptors (Lipinski definition) is 3. The second-order valence-corrected chi connectivity index (χ2v) is 6.09. The number of nitrogens with one attached hydrogen (secondary N) is 1. The van der Waals surface area contributed by atoms with E-state index in [0.717, 1.165) is 25.1 Å². The fourth-order valence-electron chi connectivity index (χ4n) is 2.26. The summed E-state index contributed by atoms with van der Waals surface area (Å²) in [4.78, 5) is 0.221. The molecule has 112 valence electrons. The van der Waals surface area contributed by atoms with Crippen molar-refractivity contribution >= 4 is 11.8 Å². The first kappa shape index (κ1) is 15.7. The first-order chi connectivity index (χ1) is 9.44. The van der Waals surface area contributed by atoms with Crippen molar-refractivity contribution in [2.24, 2.45) is 5.92 Å². The van der Waals surface area contributed by atoms with Crippen LogP contribution in [0.15, 0.2) is 29.2 Å². The van der Waals surface area contributed by atoms with Gasteiger partial charge < -0.3 is 10.1 Å². The standard InChI is InChI=1S/C14H18F3NOS/c1-10-12(6-7-19-10)9-18-8-11-2-4-13(5-3-11)20-14(15,16)17/h2-5,10,12,18H,6-9H2,1H3. The third kappa shape index (κ3) is 5.00. The first-order valence-electron chi connectivity index (χ1n) is 6.61. The van der Waals surface area contributed by atoms with Gasteiger partial charge in [-0.2, -0.15) is 13.2 Å². The van der Waals surface area contributed by atoms with Crippen LogP contribution in [-0.4, -0.2) is 24.8 Å². The maximum absolute atomic E-state index is 12.2. The summed E-state index contributed by atoms with van der Waals surface area (Å²) in [6.45, 7) is 4.43. The lowest BCUT2D eigenvalue weighted by Crippen LogP contribution is -2.26. The molecule has 1 fully saturated rings. The molecule has 0 aromatic heterocycles. The molecule has 1 heterocycles. The highest BCUT2D eigenvalue weighted by atomic mass is 32.2. The molecule has 6 heteroatoms. The normalized spacial score (nSPS) is 23.2. The molecule has 0 aliphatic carbocycles. The Kier molecular flexibility index (Phi) is 5.35. The van der Waals surface area contributed by atoms with Crippen LogP contribution in [0.2, 0.25) is 0 Å². The Morgan fingerprint density at radius 2 is 2.00 bits per heavy atom. The Balaban J connectivity index is 1.76. The van der Waals surface area contributed by atoms with Gasteiger partial charge in [-0.3, -0.25) is 0 Å². The highest BCUT2D eigenvalue weighted by Crippen LogP contribution is 2.36. The second kappa shape index (κ2) is 6.83. The molecule has 0 amide bonds. The molecule has 2 atom stereocenters. The van der Waals surface area contributed by atoms with Crippen molar-refractivity contribution < 1.29 is 17.9 Å². The van der Waals surface area contributed by atoms with E-state index >= 15 is 0 Å². The van der Waals surface area contributed by atoms with Crippen molar-refractivity contribution in [1.82, 2.24) is 5.32 Å². The largest absolute Gasteiger partial charge is 0.446 e. The van der Waals surface area contributed by atoms with Gasteiger partial charge in [0.15, 0.2) is 0 Å². The maximum atomic E-state index is 12.2. The predicted molar refractivity (Wildman–Crippen MR) is 73.6 cm³/mol. The fourth-order valence-corrected chi connectivity index (χ4v) is 2.79. The van der Waals surface area contributed by atoms with Crippen LogP contribution in [0.1, 0.15) is 18.9 Å². The van der Waals surface area contributed by atoms with Crippen LogP contribution in [-0.2, 0) is 11.3 Å². The topological polar surface area (TPSA) is 21.3 Å². The van der Waals surface area contributed by atoms with Gasteiger partial charge >= 0.3 is 5.51 Å². The van der Waals surface area contributed by atoms with Crippen LogP contribution in [0.4, 0.5) is 13.2 Å². The van der Waals surface area contributed by atoms with E-state index in [9.17, 15) is 13.2 Å². The highest BCUT2D eigenvalue weighted by Gasteiger charge is 2.29. The summed E-state index contributed by atoms with van der Waals surface area (Å²) < 4.78 is 42.1. The average Bonchev–Trinajstić information content (AvgIpc) is 2.76. The van der Waals surface area contributed by atoms with Crippen LogP contribution in [0.5, 0.6) is 0 Å². The molecule has 1 saturated heterocycles. The Morgan fingerprint density at radius 3 is 2.55 bits per heavy atom. The third-order valence-electron chi connectivity index (χ3n) is 3.43. The number of rotatable bonds is 5. The van der Waals surface area contributed by atoms with Gasteiger partial charge in [0.2, 0.25) is 0 Å². The minimum atomic E-state index is -4.22. The molecule has 1 aromatic carbocycles. The van der Waals surface area contributed by atoms with E-state index in [1.807, 2.05) is 0 Å². The molecule has 2 unspecified atom stereocenters. The Hall–Kier alpha value is -0.720. The van der Waals surface area contributed by atoms with Crippen molar-refractivity contribution in [3.8, 4) is 0 Å². The number of ether oxygens (including phenoxy) is 1. The average molecular weight is 305 g/mol. The molecular formula is C14H18F3NOS. The van der Waals surface area contributed by atoms with Gasteiger partial charge in [0.1, 0.15) is 0 Å². The second-order valence-electron chi connectivity index (χ2n) is 4.95. The first-order valence-corrected chi connectivity index (χ1v) is 7.43. The molecule has 2 rings (SSSR count). The number of alkyl halides is 3. The Morgan fingerprint density at radius 1 is 1.30 bits per heavy atom. The van der Waals surface area contributed by atoms with E-state index in [1.165, 1.54) is 12.1 Å². The minimum Gasteiger partial charge on any atom is -0.378 e. The maximum Gasteiger partial charge on any atom is 0.446 e. The van der Waals surface area contributed by atoms with Crippen LogP contribution in [0.25, 0.3) is 0 Å². The summed E-state index contributed by atoms with van der Waals surface area (Å²) in [7, 11) is 0. The number of halogens is 3. The molecule has 0 bridgehead atoms. The summed E-state index contributed by atoms with van der Waals surface area (Å²) in [6, 6.07) is 6.48. The smallest absolute Gasteiger partial charge is 0.378 e. The zero-order valence-electron chi connectivity index (χ0n) is 11.2. The predicted octanol–water partition coefficient (Wildman–Crippen LogP) is 3.81. The molecule has 0 radical (unpaired) electrons. The summed E-state index contributed by atoms with van der Waals surface area (Å²) in [5.41, 5.74) is -3.23. The lowest BCUT2D eigenvalue weighted by Gasteiger charge is -2.14. The van der Waals surface area contributed by atoms with Gasteiger partial charge in [0.25, 0.3) is 0 Å². The highest BCUT2D eigenvalue weighted by molar-refractivity contribution is 8.00. The van der Waals surface area contributed by atoms with E-state index in [4.69, 9.17) is 4.74 Å². The molecule has 1 aliphatic rings. The van der Waals surface area contributed by atoms with E-state index in [0.29, 0.717) is 12.5 Å². The van der Waals surface area contributed by atoms with E-state index in [-0.39, 0.29) is 22.8 Å². The lowest BCUT2D eigenvalue weighted by molar-refractivity contribution is -0.0328. The summed E-state index contributed by atoms with van der Waals surface area (Å²) >= 11 is -0.0830. The minimum absolute atomic E-state index is 0.0830. The molecule has 0 saturated carbocycles. The Labute approximate surface area is 121 Å². The van der Waals surface area contributed by atoms with Gasteiger partial charge in [0, 0.05) is 24.6 Å². The summed E-state index contributed by atoms with van der Waals surface area (Å²) in [5.74, 6) is 0.523. The van der Waals surface area contributed by atoms with E-state index in [1.54, 1.807) is 12.1 Å². The molecule has 1 aromatic rings. The van der Waals surface area contributed by atoms with E-state index < -0.39 is 5.51 Å². The van der Waals surface area contributed by atoms with Gasteiger partial charge in [-0.05, 0) is 48.7 Å². The van der Waals surface area contributed by atoms with Gasteiger partial charge in [-0.1, -0.05) is 12.1 Å². The van der Waals surface area contributed by atoms with Gasteiger partial charge in [0.05, 0.1) is 6.10 Å². The molecule has 1 aliphatic heterocycles. The van der Waals surface area contributed by atoms with E-state index in [2.05, 4.69) is 12.2 Å². The number of hydrogen-bond donors (Lipinski definition) is 1. The monoisotopic (exact) mass is 305 g/mol. The summed E-state index contributed by atoms with van der Waals surface area (Å²) in [6.07, 6.45) is 1.35.